The molecule has 3 amide bonds. The smallest absolute Gasteiger partial charge is 0.342 e. The van der Waals surface area contributed by atoms with Gasteiger partial charge < -0.3 is 24.7 Å². The summed E-state index contributed by atoms with van der Waals surface area (Å²) < 4.78 is 10.3. The minimum Gasteiger partial charge on any atom is -0.466 e. The third-order valence-corrected chi connectivity index (χ3v) is 4.15. The number of aryl methyl sites for hydroxylation is 2. The topological polar surface area (TPSA) is 118 Å². The fourth-order valence-electron chi connectivity index (χ4n) is 2.72. The maximum Gasteiger partial charge on any atom is 0.342 e. The van der Waals surface area contributed by atoms with Crippen LogP contribution in [0.3, 0.4) is 0 Å². The number of amides is 3. The van der Waals surface area contributed by atoms with Crippen LogP contribution < -0.4 is 10.6 Å². The Kier molecular flexibility index (Phi) is 7.74. The molecule has 1 aromatic heterocycles. The summed E-state index contributed by atoms with van der Waals surface area (Å²) in [5, 5.41) is 5.31. The molecule has 30 heavy (non-hydrogen) atoms. The molecule has 0 unspecified atom stereocenters. The summed E-state index contributed by atoms with van der Waals surface area (Å²) in [6.45, 7) is 6.07. The van der Waals surface area contributed by atoms with Crippen molar-refractivity contribution in [1.29, 1.82) is 0 Å². The molecule has 160 valence electrons. The second-order valence-electron chi connectivity index (χ2n) is 6.62. The van der Waals surface area contributed by atoms with Gasteiger partial charge in [0.25, 0.3) is 5.91 Å². The van der Waals surface area contributed by atoms with E-state index in [2.05, 4.69) is 10.6 Å². The third kappa shape index (κ3) is 6.47. The SMILES string of the molecule is CCN(CC(=O)Nc1ccc(NC(C)=O)cc1)C(=O)COC(=O)c1cc(C)oc1C. The highest BCUT2D eigenvalue weighted by molar-refractivity contribution is 5.96. The van der Waals surface area contributed by atoms with E-state index in [4.69, 9.17) is 9.15 Å². The first-order valence-corrected chi connectivity index (χ1v) is 9.39. The van der Waals surface area contributed by atoms with Crippen molar-refractivity contribution in [3.05, 3.63) is 47.4 Å². The fraction of sp³-hybridized carbons (Fsp3) is 0.333. The van der Waals surface area contributed by atoms with Crippen molar-refractivity contribution in [3.8, 4) is 0 Å². The number of likely N-dealkylation sites (N-methyl/N-ethyl adjacent to an activating group) is 1. The second kappa shape index (κ2) is 10.2. The van der Waals surface area contributed by atoms with Crippen molar-refractivity contribution < 1.29 is 28.3 Å². The molecule has 2 N–H and O–H groups in total. The highest BCUT2D eigenvalue weighted by Crippen LogP contribution is 2.15. The molecule has 0 saturated carbocycles. The van der Waals surface area contributed by atoms with Gasteiger partial charge in [-0.2, -0.15) is 0 Å². The van der Waals surface area contributed by atoms with Crippen LogP contribution in [-0.2, 0) is 19.1 Å². The van der Waals surface area contributed by atoms with Crippen LogP contribution in [-0.4, -0.2) is 48.3 Å². The lowest BCUT2D eigenvalue weighted by atomic mass is 10.2. The number of hydrogen-bond donors (Lipinski definition) is 2. The van der Waals surface area contributed by atoms with Gasteiger partial charge >= 0.3 is 5.97 Å². The van der Waals surface area contributed by atoms with E-state index in [1.807, 2.05) is 0 Å². The molecule has 0 aliphatic rings. The molecular weight excluding hydrogens is 390 g/mol. The Bertz CT molecular complexity index is 933. The zero-order chi connectivity index (χ0) is 22.3. The lowest BCUT2D eigenvalue weighted by molar-refractivity contribution is -0.137. The van der Waals surface area contributed by atoms with Gasteiger partial charge in [-0.15, -0.1) is 0 Å². The number of benzene rings is 1. The van der Waals surface area contributed by atoms with Gasteiger partial charge in [-0.3, -0.25) is 14.4 Å². The summed E-state index contributed by atoms with van der Waals surface area (Å²) in [5.74, 6) is -0.742. The first-order chi connectivity index (χ1) is 14.2. The van der Waals surface area contributed by atoms with E-state index in [-0.39, 0.29) is 24.6 Å². The van der Waals surface area contributed by atoms with Crippen molar-refractivity contribution in [2.75, 3.05) is 30.3 Å². The number of nitrogens with one attached hydrogen (secondary N) is 2. The molecule has 9 nitrogen and oxygen atoms in total. The molecule has 0 saturated heterocycles. The van der Waals surface area contributed by atoms with Gasteiger partial charge in [-0.25, -0.2) is 4.79 Å². The van der Waals surface area contributed by atoms with Crippen LogP contribution in [0, 0.1) is 13.8 Å². The lowest BCUT2D eigenvalue weighted by Crippen LogP contribution is -2.40. The quantitative estimate of drug-likeness (QED) is 0.640. The molecule has 0 radical (unpaired) electrons. The van der Waals surface area contributed by atoms with Crippen LogP contribution in [0.5, 0.6) is 0 Å². The molecule has 2 aromatic rings. The first-order valence-electron chi connectivity index (χ1n) is 9.39. The molecule has 1 aromatic carbocycles. The molecule has 0 aliphatic carbocycles. The van der Waals surface area contributed by atoms with Gasteiger partial charge in [0.15, 0.2) is 6.61 Å². The van der Waals surface area contributed by atoms with Gasteiger partial charge in [0.2, 0.25) is 11.8 Å². The Balaban J connectivity index is 1.86. The Morgan fingerprint density at radius 2 is 1.63 bits per heavy atom. The number of rotatable bonds is 8. The van der Waals surface area contributed by atoms with Gasteiger partial charge in [0, 0.05) is 24.8 Å². The Labute approximate surface area is 174 Å². The van der Waals surface area contributed by atoms with Gasteiger partial charge in [0.1, 0.15) is 17.1 Å². The molecule has 0 atom stereocenters. The van der Waals surface area contributed by atoms with Crippen molar-refractivity contribution >= 4 is 35.1 Å². The number of anilines is 2. The highest BCUT2D eigenvalue weighted by Gasteiger charge is 2.20. The maximum absolute atomic E-state index is 12.3. The van der Waals surface area contributed by atoms with Crippen molar-refractivity contribution in [1.82, 2.24) is 4.90 Å². The fourth-order valence-corrected chi connectivity index (χ4v) is 2.72. The summed E-state index contributed by atoms with van der Waals surface area (Å²) in [4.78, 5) is 49.0. The number of nitrogens with zero attached hydrogens (tertiary/aromatic N) is 1. The van der Waals surface area contributed by atoms with Crippen molar-refractivity contribution in [3.63, 3.8) is 0 Å². The minimum atomic E-state index is -0.655. The zero-order valence-corrected chi connectivity index (χ0v) is 17.4. The van der Waals surface area contributed by atoms with Crippen molar-refractivity contribution in [2.45, 2.75) is 27.7 Å². The van der Waals surface area contributed by atoms with Gasteiger partial charge in [-0.1, -0.05) is 0 Å². The molecule has 0 fully saturated rings. The predicted molar refractivity (Wildman–Crippen MR) is 110 cm³/mol. The summed E-state index contributed by atoms with van der Waals surface area (Å²) in [6, 6.07) is 8.12. The van der Waals surface area contributed by atoms with Crippen LogP contribution in [0.4, 0.5) is 11.4 Å². The van der Waals surface area contributed by atoms with E-state index in [0.717, 1.165) is 0 Å². The average molecular weight is 415 g/mol. The van der Waals surface area contributed by atoms with Crippen LogP contribution in [0.25, 0.3) is 0 Å². The average Bonchev–Trinajstić information content (AvgIpc) is 3.03. The summed E-state index contributed by atoms with van der Waals surface area (Å²) in [7, 11) is 0. The molecule has 0 spiro atoms. The molecular formula is C21H25N3O6. The monoisotopic (exact) mass is 415 g/mol. The van der Waals surface area contributed by atoms with Crippen LogP contribution >= 0.6 is 0 Å². The largest absolute Gasteiger partial charge is 0.466 e. The Morgan fingerprint density at radius 1 is 1.03 bits per heavy atom. The Morgan fingerprint density at radius 3 is 2.13 bits per heavy atom. The molecule has 2 rings (SSSR count). The second-order valence-corrected chi connectivity index (χ2v) is 6.62. The molecule has 0 aliphatic heterocycles. The number of hydrogen-bond acceptors (Lipinski definition) is 6. The van der Waals surface area contributed by atoms with Crippen LogP contribution in [0.2, 0.25) is 0 Å². The zero-order valence-electron chi connectivity index (χ0n) is 17.4. The van der Waals surface area contributed by atoms with Crippen molar-refractivity contribution in [2.24, 2.45) is 0 Å². The summed E-state index contributed by atoms with van der Waals surface area (Å²) in [5.41, 5.74) is 1.40. The lowest BCUT2D eigenvalue weighted by Gasteiger charge is -2.20. The van der Waals surface area contributed by atoms with E-state index < -0.39 is 24.4 Å². The number of carbonyl (C=O) groups excluding carboxylic acids is 4. The van der Waals surface area contributed by atoms with E-state index >= 15 is 0 Å². The first kappa shape index (κ1) is 22.7. The Hall–Kier alpha value is -3.62. The molecule has 1 heterocycles. The van der Waals surface area contributed by atoms with Crippen LogP contribution in [0.15, 0.2) is 34.7 Å². The summed E-state index contributed by atoms with van der Waals surface area (Å²) >= 11 is 0. The van der Waals surface area contributed by atoms with Gasteiger partial charge in [-0.05, 0) is 51.1 Å². The highest BCUT2D eigenvalue weighted by atomic mass is 16.5. The minimum absolute atomic E-state index is 0.190. The normalized spacial score (nSPS) is 10.3. The standard InChI is InChI=1S/C21H25N3O6/c1-5-24(20(27)12-29-21(28)18-10-13(2)30-14(18)3)11-19(26)23-17-8-6-16(7-9-17)22-15(4)25/h6-10H,5,11-12H2,1-4H3,(H,22,25)(H,23,26). The van der Waals surface area contributed by atoms with Gasteiger partial charge in [0.05, 0.1) is 6.54 Å². The summed E-state index contributed by atoms with van der Waals surface area (Å²) in [6.07, 6.45) is 0. The molecule has 0 bridgehead atoms. The molecule has 9 heteroatoms. The number of ether oxygens (including phenoxy) is 1. The predicted octanol–water partition coefficient (Wildman–Crippen LogP) is 2.50. The third-order valence-electron chi connectivity index (χ3n) is 4.15. The number of esters is 1. The number of furan rings is 1. The maximum atomic E-state index is 12.3. The van der Waals surface area contributed by atoms with Crippen LogP contribution in [0.1, 0.15) is 35.7 Å². The van der Waals surface area contributed by atoms with E-state index in [1.165, 1.54) is 11.8 Å². The number of carbonyl (C=O) groups is 4. The van der Waals surface area contributed by atoms with E-state index in [0.29, 0.717) is 22.9 Å². The van der Waals surface area contributed by atoms with E-state index in [1.54, 1.807) is 51.1 Å². The van der Waals surface area contributed by atoms with E-state index in [9.17, 15) is 19.2 Å².